The third kappa shape index (κ3) is 5.59. The van der Waals surface area contributed by atoms with E-state index in [1.807, 2.05) is 24.3 Å². The number of esters is 1. The summed E-state index contributed by atoms with van der Waals surface area (Å²) in [5.74, 6) is 0.0423. The van der Waals surface area contributed by atoms with E-state index in [0.29, 0.717) is 12.5 Å². The van der Waals surface area contributed by atoms with E-state index in [4.69, 9.17) is 9.47 Å². The summed E-state index contributed by atoms with van der Waals surface area (Å²) in [7, 11) is 0. The van der Waals surface area contributed by atoms with Gasteiger partial charge < -0.3 is 9.47 Å². The average Bonchev–Trinajstić information content (AvgIpc) is 2.77. The van der Waals surface area contributed by atoms with Crippen LogP contribution in [0.25, 0.3) is 22.0 Å². The van der Waals surface area contributed by atoms with Crippen LogP contribution in [-0.2, 0) is 16.0 Å². The SMILES string of the molecule is CCCCCCc1ccc2nc(OC(C)C(=O)OCC)cc(-c3ccccc3)c2c1. The Balaban J connectivity index is 1.96. The lowest BCUT2D eigenvalue weighted by atomic mass is 9.98. The van der Waals surface area contributed by atoms with E-state index in [9.17, 15) is 4.79 Å². The molecule has 1 heterocycles. The van der Waals surface area contributed by atoms with Crippen LogP contribution in [0.5, 0.6) is 5.88 Å². The summed E-state index contributed by atoms with van der Waals surface area (Å²) in [5.41, 5.74) is 4.34. The molecule has 158 valence electrons. The Morgan fingerprint density at radius 2 is 1.80 bits per heavy atom. The summed E-state index contributed by atoms with van der Waals surface area (Å²) >= 11 is 0. The van der Waals surface area contributed by atoms with Crippen LogP contribution in [0.1, 0.15) is 52.0 Å². The summed E-state index contributed by atoms with van der Waals surface area (Å²) in [5, 5.41) is 1.10. The van der Waals surface area contributed by atoms with Gasteiger partial charge in [-0.2, -0.15) is 0 Å². The number of carbonyl (C=O) groups excluding carboxylic acids is 1. The van der Waals surface area contributed by atoms with E-state index in [1.165, 1.54) is 31.2 Å². The van der Waals surface area contributed by atoms with E-state index >= 15 is 0 Å². The summed E-state index contributed by atoms with van der Waals surface area (Å²) in [6, 6.07) is 18.6. The Labute approximate surface area is 179 Å². The van der Waals surface area contributed by atoms with Crippen molar-refractivity contribution in [1.29, 1.82) is 0 Å². The van der Waals surface area contributed by atoms with Crippen LogP contribution < -0.4 is 4.74 Å². The third-order valence-electron chi connectivity index (χ3n) is 5.17. The Morgan fingerprint density at radius 3 is 2.53 bits per heavy atom. The first-order valence-electron chi connectivity index (χ1n) is 10.9. The van der Waals surface area contributed by atoms with Crippen LogP contribution in [0.3, 0.4) is 0 Å². The molecule has 0 amide bonds. The number of nitrogens with zero attached hydrogens (tertiary/aromatic N) is 1. The van der Waals surface area contributed by atoms with Crippen molar-refractivity contribution in [2.75, 3.05) is 6.61 Å². The molecular weight excluding hydrogens is 374 g/mol. The van der Waals surface area contributed by atoms with Gasteiger partial charge in [0.1, 0.15) is 0 Å². The molecule has 4 nitrogen and oxygen atoms in total. The van der Waals surface area contributed by atoms with Crippen molar-refractivity contribution in [1.82, 2.24) is 4.98 Å². The molecule has 0 saturated carbocycles. The molecule has 0 spiro atoms. The average molecular weight is 406 g/mol. The molecule has 0 aliphatic heterocycles. The number of rotatable bonds is 10. The lowest BCUT2D eigenvalue weighted by molar-refractivity contribution is -0.150. The minimum atomic E-state index is -0.712. The highest BCUT2D eigenvalue weighted by molar-refractivity contribution is 5.95. The summed E-state index contributed by atoms with van der Waals surface area (Å²) in [4.78, 5) is 16.6. The topological polar surface area (TPSA) is 48.4 Å². The Morgan fingerprint density at radius 1 is 1.00 bits per heavy atom. The number of pyridine rings is 1. The van der Waals surface area contributed by atoms with Gasteiger partial charge in [0.2, 0.25) is 5.88 Å². The van der Waals surface area contributed by atoms with Crippen molar-refractivity contribution < 1.29 is 14.3 Å². The minimum Gasteiger partial charge on any atom is -0.463 e. The summed E-state index contributed by atoms with van der Waals surface area (Å²) in [6.45, 7) is 6.03. The molecule has 3 aromatic rings. The van der Waals surface area contributed by atoms with E-state index in [2.05, 4.69) is 42.2 Å². The number of aryl methyl sites for hydroxylation is 1. The highest BCUT2D eigenvalue weighted by atomic mass is 16.6. The van der Waals surface area contributed by atoms with Crippen molar-refractivity contribution in [3.8, 4) is 17.0 Å². The zero-order valence-electron chi connectivity index (χ0n) is 18.2. The molecule has 30 heavy (non-hydrogen) atoms. The molecule has 3 rings (SSSR count). The van der Waals surface area contributed by atoms with Gasteiger partial charge in [-0.25, -0.2) is 9.78 Å². The number of hydrogen-bond acceptors (Lipinski definition) is 4. The second kappa shape index (κ2) is 10.8. The molecule has 0 bridgehead atoms. The Bertz CT molecular complexity index is 969. The summed E-state index contributed by atoms with van der Waals surface area (Å²) in [6.07, 6.45) is 5.35. The van der Waals surface area contributed by atoms with Crippen LogP contribution in [0.2, 0.25) is 0 Å². The van der Waals surface area contributed by atoms with Crippen LogP contribution in [0.4, 0.5) is 0 Å². The highest BCUT2D eigenvalue weighted by Crippen LogP contribution is 2.32. The number of benzene rings is 2. The lowest BCUT2D eigenvalue weighted by Gasteiger charge is -2.15. The van der Waals surface area contributed by atoms with Gasteiger partial charge in [-0.05, 0) is 55.5 Å². The van der Waals surface area contributed by atoms with E-state index in [0.717, 1.165) is 28.5 Å². The maximum absolute atomic E-state index is 12.0. The molecule has 0 aliphatic rings. The predicted molar refractivity (Wildman–Crippen MR) is 122 cm³/mol. The summed E-state index contributed by atoms with van der Waals surface area (Å²) < 4.78 is 10.9. The highest BCUT2D eigenvalue weighted by Gasteiger charge is 2.18. The van der Waals surface area contributed by atoms with Crippen molar-refractivity contribution in [3.05, 3.63) is 60.2 Å². The van der Waals surface area contributed by atoms with Crippen molar-refractivity contribution in [2.24, 2.45) is 0 Å². The predicted octanol–water partition coefficient (Wildman–Crippen LogP) is 6.36. The standard InChI is InChI=1S/C26H31NO3/c1-4-6-7-9-12-20-15-16-24-23(17-20)22(21-13-10-8-11-14-21)18-25(27-24)30-19(3)26(28)29-5-2/h8,10-11,13-19H,4-7,9,12H2,1-3H3. The van der Waals surface area contributed by atoms with Gasteiger partial charge in [0.05, 0.1) is 12.1 Å². The fourth-order valence-corrected chi connectivity index (χ4v) is 3.57. The molecule has 1 aromatic heterocycles. The van der Waals surface area contributed by atoms with Gasteiger partial charge in [-0.1, -0.05) is 62.6 Å². The molecule has 1 unspecified atom stereocenters. The second-order valence-corrected chi connectivity index (χ2v) is 7.55. The van der Waals surface area contributed by atoms with Crippen molar-refractivity contribution in [3.63, 3.8) is 0 Å². The maximum Gasteiger partial charge on any atom is 0.347 e. The van der Waals surface area contributed by atoms with Gasteiger partial charge in [0.25, 0.3) is 0 Å². The first kappa shape index (κ1) is 21.8. The fourth-order valence-electron chi connectivity index (χ4n) is 3.57. The molecule has 1 atom stereocenters. The smallest absolute Gasteiger partial charge is 0.347 e. The zero-order valence-corrected chi connectivity index (χ0v) is 18.2. The molecule has 0 radical (unpaired) electrons. The van der Waals surface area contributed by atoms with Crippen LogP contribution >= 0.6 is 0 Å². The number of ether oxygens (including phenoxy) is 2. The third-order valence-corrected chi connectivity index (χ3v) is 5.17. The monoisotopic (exact) mass is 405 g/mol. The molecule has 4 heteroatoms. The van der Waals surface area contributed by atoms with Crippen LogP contribution in [-0.4, -0.2) is 23.7 Å². The Hall–Kier alpha value is -2.88. The largest absolute Gasteiger partial charge is 0.463 e. The lowest BCUT2D eigenvalue weighted by Crippen LogP contribution is -2.26. The molecule has 0 aliphatic carbocycles. The number of unbranched alkanes of at least 4 members (excludes halogenated alkanes) is 3. The van der Waals surface area contributed by atoms with Gasteiger partial charge in [0, 0.05) is 11.5 Å². The zero-order chi connectivity index (χ0) is 21.3. The molecule has 2 aromatic carbocycles. The second-order valence-electron chi connectivity index (χ2n) is 7.55. The molecule has 0 saturated heterocycles. The number of hydrogen-bond donors (Lipinski definition) is 0. The van der Waals surface area contributed by atoms with E-state index < -0.39 is 6.10 Å². The van der Waals surface area contributed by atoms with Crippen LogP contribution in [0, 0.1) is 0 Å². The Kier molecular flexibility index (Phi) is 7.83. The van der Waals surface area contributed by atoms with E-state index in [1.54, 1.807) is 13.8 Å². The van der Waals surface area contributed by atoms with Crippen molar-refractivity contribution in [2.45, 2.75) is 59.0 Å². The number of carbonyl (C=O) groups is 1. The van der Waals surface area contributed by atoms with Gasteiger partial charge in [0.15, 0.2) is 6.10 Å². The normalized spacial score (nSPS) is 12.0. The fraction of sp³-hybridized carbons (Fsp3) is 0.385. The first-order valence-corrected chi connectivity index (χ1v) is 10.9. The first-order chi connectivity index (χ1) is 14.6. The number of aromatic nitrogens is 1. The minimum absolute atomic E-state index is 0.327. The van der Waals surface area contributed by atoms with E-state index in [-0.39, 0.29) is 5.97 Å². The van der Waals surface area contributed by atoms with Gasteiger partial charge >= 0.3 is 5.97 Å². The maximum atomic E-state index is 12.0. The van der Waals surface area contributed by atoms with Crippen LogP contribution in [0.15, 0.2) is 54.6 Å². The quantitative estimate of drug-likeness (QED) is 0.291. The molecule has 0 N–H and O–H groups in total. The van der Waals surface area contributed by atoms with Gasteiger partial charge in [-0.3, -0.25) is 0 Å². The van der Waals surface area contributed by atoms with Gasteiger partial charge in [-0.15, -0.1) is 0 Å². The molecular formula is C26H31NO3. The number of fused-ring (bicyclic) bond motifs is 1. The molecule has 0 fully saturated rings. The van der Waals surface area contributed by atoms with Crippen molar-refractivity contribution >= 4 is 16.9 Å².